The fourth-order valence-electron chi connectivity index (χ4n) is 3.05. The summed E-state index contributed by atoms with van der Waals surface area (Å²) in [6, 6.07) is 1.49. The maximum atomic E-state index is 11.9. The molecule has 2 rings (SSSR count). The Morgan fingerprint density at radius 2 is 1.95 bits per heavy atom. The molecule has 0 radical (unpaired) electrons. The predicted molar refractivity (Wildman–Crippen MR) is 82.4 cm³/mol. The van der Waals surface area contributed by atoms with Gasteiger partial charge in [0, 0.05) is 24.3 Å². The summed E-state index contributed by atoms with van der Waals surface area (Å²) < 4.78 is 1.94. The third-order valence-corrected chi connectivity index (χ3v) is 4.42. The van der Waals surface area contributed by atoms with E-state index in [1.807, 2.05) is 11.5 Å². The second kappa shape index (κ2) is 7.09. The minimum atomic E-state index is -0.398. The Bertz CT molecular complexity index is 533. The van der Waals surface area contributed by atoms with Crippen LogP contribution in [-0.4, -0.2) is 32.8 Å². The van der Waals surface area contributed by atoms with Gasteiger partial charge in [-0.1, -0.05) is 13.3 Å². The number of nitrogens with zero attached hydrogens (tertiary/aromatic N) is 2. The van der Waals surface area contributed by atoms with Crippen LogP contribution in [0.15, 0.2) is 10.9 Å². The maximum Gasteiger partial charge on any atom is 0.223 e. The highest BCUT2D eigenvalue weighted by molar-refractivity contribution is 5.30. The van der Waals surface area contributed by atoms with Crippen molar-refractivity contribution < 1.29 is 10.2 Å². The van der Waals surface area contributed by atoms with Crippen molar-refractivity contribution in [3.05, 3.63) is 27.7 Å². The smallest absolute Gasteiger partial charge is 0.223 e. The van der Waals surface area contributed by atoms with Gasteiger partial charge in [0.15, 0.2) is 5.75 Å². The van der Waals surface area contributed by atoms with E-state index in [4.69, 9.17) is 0 Å². The number of aliphatic hydroxyl groups excluding tert-OH is 1. The first-order valence-electron chi connectivity index (χ1n) is 7.88. The van der Waals surface area contributed by atoms with Gasteiger partial charge in [-0.25, -0.2) is 0 Å². The minimum absolute atomic E-state index is 0.137. The number of hydrogen-bond acceptors (Lipinski definition) is 4. The van der Waals surface area contributed by atoms with Crippen LogP contribution in [0.2, 0.25) is 0 Å². The van der Waals surface area contributed by atoms with Gasteiger partial charge < -0.3 is 14.8 Å². The molecular weight excluding hydrogens is 268 g/mol. The monoisotopic (exact) mass is 294 g/mol. The van der Waals surface area contributed by atoms with Crippen molar-refractivity contribution >= 4 is 0 Å². The van der Waals surface area contributed by atoms with Crippen LogP contribution in [0.25, 0.3) is 0 Å². The van der Waals surface area contributed by atoms with E-state index in [2.05, 4.69) is 11.8 Å². The number of hydrogen-bond donors (Lipinski definition) is 2. The summed E-state index contributed by atoms with van der Waals surface area (Å²) in [4.78, 5) is 14.2. The van der Waals surface area contributed by atoms with Crippen molar-refractivity contribution in [1.29, 1.82) is 0 Å². The van der Waals surface area contributed by atoms with Gasteiger partial charge in [0.05, 0.1) is 12.3 Å². The van der Waals surface area contributed by atoms with E-state index in [0.29, 0.717) is 17.9 Å². The molecule has 0 bridgehead atoms. The van der Waals surface area contributed by atoms with Gasteiger partial charge in [0.25, 0.3) is 0 Å². The molecular formula is C16H26N2O3. The largest absolute Gasteiger partial charge is 0.503 e. The van der Waals surface area contributed by atoms with Crippen LogP contribution in [0.4, 0.5) is 0 Å². The van der Waals surface area contributed by atoms with Gasteiger partial charge in [-0.05, 0) is 39.3 Å². The van der Waals surface area contributed by atoms with E-state index in [0.717, 1.165) is 32.4 Å². The number of likely N-dealkylation sites (tertiary alicyclic amines) is 1. The number of aromatic hydroxyl groups is 1. The summed E-state index contributed by atoms with van der Waals surface area (Å²) in [7, 11) is 0. The van der Waals surface area contributed by atoms with Gasteiger partial charge in [0.2, 0.25) is 5.43 Å². The summed E-state index contributed by atoms with van der Waals surface area (Å²) >= 11 is 0. The fraction of sp³-hybridized carbons (Fsp3) is 0.688. The second-order valence-electron chi connectivity index (χ2n) is 5.92. The first-order valence-corrected chi connectivity index (χ1v) is 7.88. The Morgan fingerprint density at radius 1 is 1.29 bits per heavy atom. The first kappa shape index (κ1) is 16.0. The van der Waals surface area contributed by atoms with Gasteiger partial charge in [-0.15, -0.1) is 0 Å². The molecule has 1 aliphatic rings. The van der Waals surface area contributed by atoms with Crippen LogP contribution >= 0.6 is 0 Å². The lowest BCUT2D eigenvalue weighted by Crippen LogP contribution is -2.32. The SMILES string of the molecule is CCC(C)n1c(CO)cc(=O)c(O)c1CN1CCCCC1. The Morgan fingerprint density at radius 3 is 2.52 bits per heavy atom. The first-order chi connectivity index (χ1) is 10.1. The number of piperidine rings is 1. The average molecular weight is 294 g/mol. The van der Waals surface area contributed by atoms with Crippen molar-refractivity contribution in [3.63, 3.8) is 0 Å². The Balaban J connectivity index is 2.44. The summed E-state index contributed by atoms with van der Waals surface area (Å²) in [5.74, 6) is -0.168. The third kappa shape index (κ3) is 3.47. The van der Waals surface area contributed by atoms with Gasteiger partial charge in [0.1, 0.15) is 0 Å². The fourth-order valence-corrected chi connectivity index (χ4v) is 3.05. The minimum Gasteiger partial charge on any atom is -0.503 e. The van der Waals surface area contributed by atoms with E-state index in [1.54, 1.807) is 0 Å². The molecule has 0 aromatic carbocycles. The topological polar surface area (TPSA) is 65.7 Å². The molecule has 1 aliphatic heterocycles. The van der Waals surface area contributed by atoms with E-state index >= 15 is 0 Å². The van der Waals surface area contributed by atoms with Crippen molar-refractivity contribution in [2.75, 3.05) is 13.1 Å². The highest BCUT2D eigenvalue weighted by Crippen LogP contribution is 2.24. The molecule has 5 nitrogen and oxygen atoms in total. The van der Waals surface area contributed by atoms with Crippen LogP contribution < -0.4 is 5.43 Å². The molecule has 1 aromatic rings. The number of aromatic nitrogens is 1. The van der Waals surface area contributed by atoms with E-state index in [1.165, 1.54) is 12.5 Å². The zero-order chi connectivity index (χ0) is 15.4. The number of pyridine rings is 1. The van der Waals surface area contributed by atoms with Gasteiger partial charge in [-0.2, -0.15) is 0 Å². The third-order valence-electron chi connectivity index (χ3n) is 4.42. The molecule has 21 heavy (non-hydrogen) atoms. The van der Waals surface area contributed by atoms with E-state index in [-0.39, 0.29) is 18.4 Å². The molecule has 1 atom stereocenters. The Labute approximate surface area is 125 Å². The predicted octanol–water partition coefficient (Wildman–Crippen LogP) is 2.00. The normalized spacial score (nSPS) is 17.9. The van der Waals surface area contributed by atoms with Crippen molar-refractivity contribution in [2.24, 2.45) is 0 Å². The number of aliphatic hydroxyl groups is 1. The van der Waals surface area contributed by atoms with Crippen molar-refractivity contribution in [1.82, 2.24) is 9.47 Å². The molecule has 1 aromatic heterocycles. The van der Waals surface area contributed by atoms with Crippen molar-refractivity contribution in [2.45, 2.75) is 58.7 Å². The van der Waals surface area contributed by atoms with Crippen LogP contribution in [0.3, 0.4) is 0 Å². The molecule has 0 aliphatic carbocycles. The van der Waals surface area contributed by atoms with Crippen molar-refractivity contribution in [3.8, 4) is 5.75 Å². The standard InChI is InChI=1S/C16H26N2O3/c1-3-12(2)18-13(11-19)9-15(20)16(21)14(18)10-17-7-5-4-6-8-17/h9,12,19,21H,3-8,10-11H2,1-2H3. The maximum absolute atomic E-state index is 11.9. The molecule has 1 saturated heterocycles. The van der Waals surface area contributed by atoms with Crippen LogP contribution in [0, 0.1) is 0 Å². The number of rotatable bonds is 5. The zero-order valence-corrected chi connectivity index (χ0v) is 13.0. The molecule has 2 N–H and O–H groups in total. The Kier molecular flexibility index (Phi) is 5.42. The molecule has 0 saturated carbocycles. The van der Waals surface area contributed by atoms with Crippen LogP contribution in [-0.2, 0) is 13.2 Å². The molecule has 118 valence electrons. The molecule has 2 heterocycles. The average Bonchev–Trinajstić information content (AvgIpc) is 2.51. The molecule has 0 spiro atoms. The van der Waals surface area contributed by atoms with Crippen LogP contribution in [0.1, 0.15) is 57.0 Å². The van der Waals surface area contributed by atoms with Crippen LogP contribution in [0.5, 0.6) is 5.75 Å². The molecule has 5 heteroatoms. The lowest BCUT2D eigenvalue weighted by Gasteiger charge is -2.30. The lowest BCUT2D eigenvalue weighted by molar-refractivity contribution is 0.206. The second-order valence-corrected chi connectivity index (χ2v) is 5.92. The zero-order valence-electron chi connectivity index (χ0n) is 13.0. The summed E-state index contributed by atoms with van der Waals surface area (Å²) in [6.07, 6.45) is 4.45. The highest BCUT2D eigenvalue weighted by Gasteiger charge is 2.21. The summed E-state index contributed by atoms with van der Waals surface area (Å²) in [5.41, 5.74) is 0.826. The summed E-state index contributed by atoms with van der Waals surface area (Å²) in [5, 5.41) is 19.8. The van der Waals surface area contributed by atoms with E-state index < -0.39 is 5.43 Å². The van der Waals surface area contributed by atoms with Gasteiger partial charge in [-0.3, -0.25) is 9.69 Å². The molecule has 1 unspecified atom stereocenters. The lowest BCUT2D eigenvalue weighted by atomic mass is 10.1. The Hall–Kier alpha value is -1.33. The molecule has 1 fully saturated rings. The summed E-state index contributed by atoms with van der Waals surface area (Å²) in [6.45, 7) is 6.48. The highest BCUT2D eigenvalue weighted by atomic mass is 16.3. The van der Waals surface area contributed by atoms with Gasteiger partial charge >= 0.3 is 0 Å². The molecule has 0 amide bonds. The quantitative estimate of drug-likeness (QED) is 0.872. The van der Waals surface area contributed by atoms with E-state index in [9.17, 15) is 15.0 Å².